The average molecular weight is 264 g/mol. The molecule has 5 heteroatoms. The monoisotopic (exact) mass is 264 g/mol. The Hall–Kier alpha value is -1.65. The summed E-state index contributed by atoms with van der Waals surface area (Å²) >= 11 is 0. The zero-order valence-electron chi connectivity index (χ0n) is 12.6. The molecule has 1 amide bonds. The summed E-state index contributed by atoms with van der Waals surface area (Å²) in [7, 11) is 0. The lowest BCUT2D eigenvalue weighted by molar-refractivity contribution is 0.0766. The summed E-state index contributed by atoms with van der Waals surface area (Å²) in [6.45, 7) is 13.0. The van der Waals surface area contributed by atoms with Crippen molar-refractivity contribution in [3.8, 4) is 0 Å². The zero-order valence-corrected chi connectivity index (χ0v) is 12.6. The largest absolute Gasteiger partial charge is 0.357 e. The minimum absolute atomic E-state index is 0.0242. The van der Waals surface area contributed by atoms with Crippen molar-refractivity contribution in [3.05, 3.63) is 17.6 Å². The van der Waals surface area contributed by atoms with Gasteiger partial charge in [0.25, 0.3) is 5.91 Å². The Morgan fingerprint density at radius 1 is 1.05 bits per heavy atom. The molecule has 0 aliphatic heterocycles. The van der Waals surface area contributed by atoms with Gasteiger partial charge in [0.1, 0.15) is 17.3 Å². The van der Waals surface area contributed by atoms with Crippen LogP contribution in [-0.4, -0.2) is 47.0 Å². The highest BCUT2D eigenvalue weighted by Crippen LogP contribution is 2.14. The maximum absolute atomic E-state index is 12.3. The Kier molecular flexibility index (Phi) is 5.73. The van der Waals surface area contributed by atoms with Gasteiger partial charge in [0, 0.05) is 32.2 Å². The van der Waals surface area contributed by atoms with E-state index in [-0.39, 0.29) is 5.91 Å². The molecule has 0 saturated heterocycles. The molecule has 106 valence electrons. The average Bonchev–Trinajstić information content (AvgIpc) is 2.40. The first kappa shape index (κ1) is 15.4. The van der Waals surface area contributed by atoms with E-state index in [0.717, 1.165) is 18.9 Å². The molecule has 0 N–H and O–H groups in total. The maximum Gasteiger partial charge on any atom is 0.272 e. The minimum Gasteiger partial charge on any atom is -0.357 e. The van der Waals surface area contributed by atoms with Crippen molar-refractivity contribution < 1.29 is 4.79 Å². The van der Waals surface area contributed by atoms with Crippen LogP contribution >= 0.6 is 0 Å². The van der Waals surface area contributed by atoms with Gasteiger partial charge in [-0.2, -0.15) is 0 Å². The molecule has 0 spiro atoms. The number of aromatic nitrogens is 2. The predicted octanol–water partition coefficient (Wildman–Crippen LogP) is 2.11. The van der Waals surface area contributed by atoms with E-state index < -0.39 is 0 Å². The third-order valence-corrected chi connectivity index (χ3v) is 3.18. The summed E-state index contributed by atoms with van der Waals surface area (Å²) in [5.41, 5.74) is 0.484. The van der Waals surface area contributed by atoms with Gasteiger partial charge in [-0.3, -0.25) is 4.79 Å². The van der Waals surface area contributed by atoms with Crippen molar-refractivity contribution in [2.75, 3.05) is 31.1 Å². The molecule has 1 rings (SSSR count). The van der Waals surface area contributed by atoms with Crippen molar-refractivity contribution >= 4 is 11.7 Å². The number of hydrogen-bond donors (Lipinski definition) is 0. The van der Waals surface area contributed by atoms with Gasteiger partial charge in [-0.15, -0.1) is 0 Å². The minimum atomic E-state index is -0.0242. The first-order valence-corrected chi connectivity index (χ1v) is 6.97. The highest BCUT2D eigenvalue weighted by molar-refractivity contribution is 5.93. The van der Waals surface area contributed by atoms with E-state index in [1.165, 1.54) is 0 Å². The Bertz CT molecular complexity index is 425. The topological polar surface area (TPSA) is 49.3 Å². The van der Waals surface area contributed by atoms with Crippen LogP contribution in [0.3, 0.4) is 0 Å². The summed E-state index contributed by atoms with van der Waals surface area (Å²) in [4.78, 5) is 24.9. The van der Waals surface area contributed by atoms with Gasteiger partial charge >= 0.3 is 0 Å². The first-order chi connectivity index (χ1) is 9.07. The molecule has 0 unspecified atom stereocenters. The molecule has 1 heterocycles. The van der Waals surface area contributed by atoms with Crippen LogP contribution in [0, 0.1) is 6.92 Å². The third kappa shape index (κ3) is 3.66. The third-order valence-electron chi connectivity index (χ3n) is 3.18. The van der Waals surface area contributed by atoms with Crippen molar-refractivity contribution in [1.29, 1.82) is 0 Å². The second kappa shape index (κ2) is 7.07. The molecule has 1 aromatic heterocycles. The molecule has 0 bridgehead atoms. The molecule has 1 aromatic rings. The molecule has 0 atom stereocenters. The lowest BCUT2D eigenvalue weighted by Crippen LogP contribution is -2.32. The molecule has 0 radical (unpaired) electrons. The van der Waals surface area contributed by atoms with Gasteiger partial charge in [0.2, 0.25) is 0 Å². The van der Waals surface area contributed by atoms with Crippen LogP contribution in [0.15, 0.2) is 6.07 Å². The van der Waals surface area contributed by atoms with E-state index in [9.17, 15) is 4.79 Å². The second-order valence-electron chi connectivity index (χ2n) is 4.31. The first-order valence-electron chi connectivity index (χ1n) is 6.97. The summed E-state index contributed by atoms with van der Waals surface area (Å²) in [5, 5.41) is 0. The Labute approximate surface area is 115 Å². The molecular weight excluding hydrogens is 240 g/mol. The molecule has 0 aliphatic rings. The van der Waals surface area contributed by atoms with Crippen LogP contribution in [0.5, 0.6) is 0 Å². The fourth-order valence-electron chi connectivity index (χ4n) is 2.04. The van der Waals surface area contributed by atoms with Gasteiger partial charge in [0.15, 0.2) is 0 Å². The summed E-state index contributed by atoms with van der Waals surface area (Å²) < 4.78 is 0. The summed E-state index contributed by atoms with van der Waals surface area (Å²) in [5.74, 6) is 1.44. The number of aryl methyl sites for hydroxylation is 1. The Morgan fingerprint density at radius 3 is 2.11 bits per heavy atom. The van der Waals surface area contributed by atoms with E-state index in [0.29, 0.717) is 24.6 Å². The van der Waals surface area contributed by atoms with Crippen LogP contribution in [0.1, 0.15) is 44.0 Å². The molecule has 0 fully saturated rings. The number of carbonyl (C=O) groups is 1. The van der Waals surface area contributed by atoms with Crippen molar-refractivity contribution in [2.45, 2.75) is 34.6 Å². The SMILES string of the molecule is CCN(CC)C(=O)c1cc(N(CC)CC)nc(C)n1. The lowest BCUT2D eigenvalue weighted by atomic mass is 10.3. The quantitative estimate of drug-likeness (QED) is 0.789. The van der Waals surface area contributed by atoms with Crippen LogP contribution in [0.2, 0.25) is 0 Å². The van der Waals surface area contributed by atoms with E-state index in [1.54, 1.807) is 11.0 Å². The van der Waals surface area contributed by atoms with Crippen LogP contribution < -0.4 is 4.90 Å². The number of carbonyl (C=O) groups excluding carboxylic acids is 1. The molecule has 5 nitrogen and oxygen atoms in total. The zero-order chi connectivity index (χ0) is 14.4. The van der Waals surface area contributed by atoms with E-state index in [2.05, 4.69) is 28.7 Å². The van der Waals surface area contributed by atoms with Crippen molar-refractivity contribution in [3.63, 3.8) is 0 Å². The molecule has 19 heavy (non-hydrogen) atoms. The molecule has 0 aromatic carbocycles. The van der Waals surface area contributed by atoms with E-state index in [1.807, 2.05) is 20.8 Å². The number of amides is 1. The van der Waals surface area contributed by atoms with Gasteiger partial charge < -0.3 is 9.80 Å². The van der Waals surface area contributed by atoms with E-state index >= 15 is 0 Å². The number of rotatable bonds is 6. The Morgan fingerprint density at radius 2 is 1.63 bits per heavy atom. The van der Waals surface area contributed by atoms with Crippen molar-refractivity contribution in [2.24, 2.45) is 0 Å². The maximum atomic E-state index is 12.3. The summed E-state index contributed by atoms with van der Waals surface area (Å²) in [6.07, 6.45) is 0. The number of nitrogens with zero attached hydrogens (tertiary/aromatic N) is 4. The number of hydrogen-bond acceptors (Lipinski definition) is 4. The second-order valence-corrected chi connectivity index (χ2v) is 4.31. The number of anilines is 1. The standard InChI is InChI=1S/C14H24N4O/c1-6-17(7-2)13-10-12(15-11(5)16-13)14(19)18(8-3)9-4/h10H,6-9H2,1-5H3. The lowest BCUT2D eigenvalue weighted by Gasteiger charge is -2.22. The normalized spacial score (nSPS) is 10.4. The smallest absolute Gasteiger partial charge is 0.272 e. The van der Waals surface area contributed by atoms with Crippen LogP contribution in [0.4, 0.5) is 5.82 Å². The highest BCUT2D eigenvalue weighted by Gasteiger charge is 2.17. The highest BCUT2D eigenvalue weighted by atomic mass is 16.2. The fourth-order valence-corrected chi connectivity index (χ4v) is 2.04. The Balaban J connectivity index is 3.12. The van der Waals surface area contributed by atoms with Gasteiger partial charge in [-0.25, -0.2) is 9.97 Å². The van der Waals surface area contributed by atoms with Gasteiger partial charge in [-0.1, -0.05) is 0 Å². The summed E-state index contributed by atoms with van der Waals surface area (Å²) in [6, 6.07) is 1.79. The van der Waals surface area contributed by atoms with Gasteiger partial charge in [-0.05, 0) is 34.6 Å². The van der Waals surface area contributed by atoms with Gasteiger partial charge in [0.05, 0.1) is 0 Å². The van der Waals surface area contributed by atoms with Crippen LogP contribution in [0.25, 0.3) is 0 Å². The molecule has 0 saturated carbocycles. The fraction of sp³-hybridized carbons (Fsp3) is 0.643. The molecular formula is C14H24N4O. The van der Waals surface area contributed by atoms with E-state index in [4.69, 9.17) is 0 Å². The molecule has 0 aliphatic carbocycles. The van der Waals surface area contributed by atoms with Crippen molar-refractivity contribution in [1.82, 2.24) is 14.9 Å². The predicted molar refractivity (Wildman–Crippen MR) is 77.6 cm³/mol. The van der Waals surface area contributed by atoms with Crippen LogP contribution in [-0.2, 0) is 0 Å².